The summed E-state index contributed by atoms with van der Waals surface area (Å²) >= 11 is 0. The Kier molecular flexibility index (Phi) is 3.77. The lowest BCUT2D eigenvalue weighted by Crippen LogP contribution is -2.13. The molecule has 18 heavy (non-hydrogen) atoms. The molecule has 0 spiro atoms. The lowest BCUT2D eigenvalue weighted by molar-refractivity contribution is 0.335. The quantitative estimate of drug-likeness (QED) is 0.899. The Hall–Kier alpha value is -1.68. The maximum Gasteiger partial charge on any atom is 0.243 e. The first-order chi connectivity index (χ1) is 8.58. The van der Waals surface area contributed by atoms with E-state index in [9.17, 15) is 0 Å². The predicted octanol–water partition coefficient (Wildman–Crippen LogP) is 3.09. The first kappa shape index (κ1) is 12.8. The second-order valence-corrected chi connectivity index (χ2v) is 5.01. The molecule has 2 rings (SSSR count). The van der Waals surface area contributed by atoms with Gasteiger partial charge in [0.1, 0.15) is 0 Å². The van der Waals surface area contributed by atoms with Crippen LogP contribution in [0.2, 0.25) is 0 Å². The first-order valence-electron chi connectivity index (χ1n) is 6.23. The zero-order chi connectivity index (χ0) is 13.1. The number of hydrogen-bond donors (Lipinski definition) is 1. The van der Waals surface area contributed by atoms with E-state index in [1.54, 1.807) is 0 Å². The molecule has 0 radical (unpaired) electrons. The van der Waals surface area contributed by atoms with Crippen LogP contribution in [0.3, 0.4) is 0 Å². The van der Waals surface area contributed by atoms with E-state index >= 15 is 0 Å². The molecular weight excluding hydrogens is 226 g/mol. The summed E-state index contributed by atoms with van der Waals surface area (Å²) in [5.41, 5.74) is 8.15. The van der Waals surface area contributed by atoms with E-state index in [2.05, 4.69) is 24.0 Å². The number of aromatic nitrogens is 2. The van der Waals surface area contributed by atoms with Gasteiger partial charge in [-0.05, 0) is 24.8 Å². The van der Waals surface area contributed by atoms with Gasteiger partial charge in [-0.3, -0.25) is 0 Å². The molecule has 0 amide bonds. The standard InChI is InChI=1S/C14H19N3O/c1-9(2)8-12(15)14-16-13(17-18-14)11-7-5-4-6-10(11)3/h4-7,9,12H,8,15H2,1-3H3. The van der Waals surface area contributed by atoms with Crippen molar-refractivity contribution < 1.29 is 4.52 Å². The fraction of sp³-hybridized carbons (Fsp3) is 0.429. The minimum atomic E-state index is -0.185. The molecule has 1 aromatic heterocycles. The molecule has 2 aromatic rings. The molecule has 0 bridgehead atoms. The Morgan fingerprint density at radius 3 is 2.67 bits per heavy atom. The van der Waals surface area contributed by atoms with Crippen molar-refractivity contribution in [3.63, 3.8) is 0 Å². The van der Waals surface area contributed by atoms with Crippen LogP contribution in [0.25, 0.3) is 11.4 Å². The first-order valence-corrected chi connectivity index (χ1v) is 6.23. The molecule has 0 aliphatic heterocycles. The Labute approximate surface area is 107 Å². The minimum absolute atomic E-state index is 0.185. The molecule has 2 N–H and O–H groups in total. The highest BCUT2D eigenvalue weighted by Gasteiger charge is 2.17. The van der Waals surface area contributed by atoms with Gasteiger partial charge in [0.25, 0.3) is 0 Å². The van der Waals surface area contributed by atoms with E-state index in [0.29, 0.717) is 17.6 Å². The zero-order valence-electron chi connectivity index (χ0n) is 11.1. The zero-order valence-corrected chi connectivity index (χ0v) is 11.1. The Morgan fingerprint density at radius 2 is 2.00 bits per heavy atom. The van der Waals surface area contributed by atoms with Gasteiger partial charge in [0.2, 0.25) is 11.7 Å². The van der Waals surface area contributed by atoms with Crippen LogP contribution in [-0.2, 0) is 0 Å². The van der Waals surface area contributed by atoms with Crippen LogP contribution in [-0.4, -0.2) is 10.1 Å². The highest BCUT2D eigenvalue weighted by molar-refractivity contribution is 5.58. The van der Waals surface area contributed by atoms with Crippen molar-refractivity contribution in [2.24, 2.45) is 11.7 Å². The van der Waals surface area contributed by atoms with Crippen LogP contribution in [0.1, 0.15) is 37.8 Å². The van der Waals surface area contributed by atoms with Crippen molar-refractivity contribution in [3.05, 3.63) is 35.7 Å². The lowest BCUT2D eigenvalue weighted by atomic mass is 10.0. The van der Waals surface area contributed by atoms with Crippen molar-refractivity contribution in [3.8, 4) is 11.4 Å². The fourth-order valence-corrected chi connectivity index (χ4v) is 1.93. The highest BCUT2D eigenvalue weighted by Crippen LogP contribution is 2.23. The van der Waals surface area contributed by atoms with Gasteiger partial charge in [-0.2, -0.15) is 4.98 Å². The van der Waals surface area contributed by atoms with Crippen LogP contribution >= 0.6 is 0 Å². The smallest absolute Gasteiger partial charge is 0.243 e. The van der Waals surface area contributed by atoms with Crippen LogP contribution in [0.5, 0.6) is 0 Å². The predicted molar refractivity (Wildman–Crippen MR) is 70.9 cm³/mol. The number of nitrogens with zero attached hydrogens (tertiary/aromatic N) is 2. The van der Waals surface area contributed by atoms with Gasteiger partial charge in [-0.25, -0.2) is 0 Å². The van der Waals surface area contributed by atoms with Gasteiger partial charge >= 0.3 is 0 Å². The topological polar surface area (TPSA) is 64.9 Å². The monoisotopic (exact) mass is 245 g/mol. The van der Waals surface area contributed by atoms with E-state index in [-0.39, 0.29) is 6.04 Å². The molecular formula is C14H19N3O. The van der Waals surface area contributed by atoms with Crippen LogP contribution < -0.4 is 5.73 Å². The van der Waals surface area contributed by atoms with E-state index in [4.69, 9.17) is 10.3 Å². The van der Waals surface area contributed by atoms with Gasteiger partial charge in [-0.15, -0.1) is 0 Å². The SMILES string of the molecule is Cc1ccccc1-c1noc(C(N)CC(C)C)n1. The normalized spacial score (nSPS) is 12.9. The number of hydrogen-bond acceptors (Lipinski definition) is 4. The Balaban J connectivity index is 2.23. The van der Waals surface area contributed by atoms with Gasteiger partial charge in [0.05, 0.1) is 6.04 Å². The van der Waals surface area contributed by atoms with Crippen molar-refractivity contribution >= 4 is 0 Å². The molecule has 1 aromatic carbocycles. The largest absolute Gasteiger partial charge is 0.337 e. The molecule has 0 aliphatic carbocycles. The Bertz CT molecular complexity index is 519. The number of rotatable bonds is 4. The number of benzene rings is 1. The number of aryl methyl sites for hydroxylation is 1. The highest BCUT2D eigenvalue weighted by atomic mass is 16.5. The summed E-state index contributed by atoms with van der Waals surface area (Å²) in [5.74, 6) is 1.64. The van der Waals surface area contributed by atoms with Crippen molar-refractivity contribution in [1.29, 1.82) is 0 Å². The molecule has 1 heterocycles. The second-order valence-electron chi connectivity index (χ2n) is 5.01. The average molecular weight is 245 g/mol. The Morgan fingerprint density at radius 1 is 1.28 bits per heavy atom. The van der Waals surface area contributed by atoms with E-state index in [1.807, 2.05) is 31.2 Å². The van der Waals surface area contributed by atoms with Gasteiger partial charge < -0.3 is 10.3 Å². The molecule has 0 saturated carbocycles. The maximum atomic E-state index is 6.03. The summed E-state index contributed by atoms with van der Waals surface area (Å²) in [5, 5.41) is 4.01. The summed E-state index contributed by atoms with van der Waals surface area (Å²) in [6.45, 7) is 6.27. The summed E-state index contributed by atoms with van der Waals surface area (Å²) in [4.78, 5) is 4.39. The van der Waals surface area contributed by atoms with Crippen LogP contribution in [0, 0.1) is 12.8 Å². The molecule has 0 aliphatic rings. The average Bonchev–Trinajstić information content (AvgIpc) is 2.78. The summed E-state index contributed by atoms with van der Waals surface area (Å²) < 4.78 is 5.25. The van der Waals surface area contributed by atoms with E-state index in [0.717, 1.165) is 17.5 Å². The van der Waals surface area contributed by atoms with Crippen LogP contribution in [0.4, 0.5) is 0 Å². The molecule has 0 saturated heterocycles. The molecule has 0 fully saturated rings. The summed E-state index contributed by atoms with van der Waals surface area (Å²) in [6.07, 6.45) is 0.843. The summed E-state index contributed by atoms with van der Waals surface area (Å²) in [6, 6.07) is 7.78. The van der Waals surface area contributed by atoms with Crippen molar-refractivity contribution in [2.75, 3.05) is 0 Å². The molecule has 4 nitrogen and oxygen atoms in total. The third kappa shape index (κ3) is 2.76. The lowest BCUT2D eigenvalue weighted by Gasteiger charge is -2.08. The van der Waals surface area contributed by atoms with E-state index < -0.39 is 0 Å². The van der Waals surface area contributed by atoms with E-state index in [1.165, 1.54) is 0 Å². The van der Waals surface area contributed by atoms with Gasteiger partial charge in [0, 0.05) is 5.56 Å². The summed E-state index contributed by atoms with van der Waals surface area (Å²) in [7, 11) is 0. The minimum Gasteiger partial charge on any atom is -0.337 e. The third-order valence-electron chi connectivity index (χ3n) is 2.87. The molecule has 1 atom stereocenters. The molecule has 96 valence electrons. The van der Waals surface area contributed by atoms with Crippen molar-refractivity contribution in [2.45, 2.75) is 33.2 Å². The molecule has 1 unspecified atom stereocenters. The fourth-order valence-electron chi connectivity index (χ4n) is 1.93. The molecule has 4 heteroatoms. The third-order valence-corrected chi connectivity index (χ3v) is 2.87. The van der Waals surface area contributed by atoms with Gasteiger partial charge in [0.15, 0.2) is 0 Å². The second kappa shape index (κ2) is 5.31. The number of nitrogens with two attached hydrogens (primary N) is 1. The van der Waals surface area contributed by atoms with Gasteiger partial charge in [-0.1, -0.05) is 43.3 Å². The van der Waals surface area contributed by atoms with Crippen LogP contribution in [0.15, 0.2) is 28.8 Å². The maximum absolute atomic E-state index is 6.03. The van der Waals surface area contributed by atoms with Crippen molar-refractivity contribution in [1.82, 2.24) is 10.1 Å².